The van der Waals surface area contributed by atoms with Crippen molar-refractivity contribution in [1.29, 1.82) is 0 Å². The first kappa shape index (κ1) is 17.5. The fourth-order valence-electron chi connectivity index (χ4n) is 1.97. The summed E-state index contributed by atoms with van der Waals surface area (Å²) < 4.78 is 9.75. The molecule has 9 heteroatoms. The number of halogens is 2. The predicted molar refractivity (Wildman–Crippen MR) is 90.5 cm³/mol. The molecule has 1 saturated heterocycles. The lowest BCUT2D eigenvalue weighted by Crippen LogP contribution is -2.35. The summed E-state index contributed by atoms with van der Waals surface area (Å²) in [6.07, 6.45) is 1.50. The minimum atomic E-state index is -0.577. The van der Waals surface area contributed by atoms with Gasteiger partial charge in [-0.15, -0.1) is 0 Å². The minimum absolute atomic E-state index is 0.110. The number of thiocarbonyl (C=S) groups is 1. The summed E-state index contributed by atoms with van der Waals surface area (Å²) in [6.45, 7) is -0.272. The maximum absolute atomic E-state index is 12.3. The zero-order chi connectivity index (χ0) is 17.1. The van der Waals surface area contributed by atoms with Crippen LogP contribution in [0.2, 0.25) is 10.0 Å². The third kappa shape index (κ3) is 3.74. The molecule has 0 spiro atoms. The van der Waals surface area contributed by atoms with E-state index in [0.29, 0.717) is 21.4 Å². The molecule has 1 aliphatic rings. The lowest BCUT2D eigenvalue weighted by atomic mass is 10.1. The van der Waals surface area contributed by atoms with Gasteiger partial charge in [-0.05, 0) is 30.4 Å². The fourth-order valence-corrected chi connectivity index (χ4v) is 2.81. The van der Waals surface area contributed by atoms with Crippen molar-refractivity contribution in [2.75, 3.05) is 20.8 Å². The van der Waals surface area contributed by atoms with E-state index in [1.165, 1.54) is 26.4 Å². The van der Waals surface area contributed by atoms with Gasteiger partial charge in [-0.1, -0.05) is 23.2 Å². The maximum atomic E-state index is 12.3. The highest BCUT2D eigenvalue weighted by atomic mass is 35.5. The van der Waals surface area contributed by atoms with Crippen molar-refractivity contribution in [3.8, 4) is 5.75 Å². The van der Waals surface area contributed by atoms with E-state index in [2.05, 4.69) is 10.1 Å². The largest absolute Gasteiger partial charge is 0.495 e. The van der Waals surface area contributed by atoms with E-state index >= 15 is 0 Å². The number of carbonyl (C=O) groups is 2. The Morgan fingerprint density at radius 2 is 2.09 bits per heavy atom. The first-order valence-electron chi connectivity index (χ1n) is 6.31. The summed E-state index contributed by atoms with van der Waals surface area (Å²) in [5.74, 6) is -0.666. The first-order chi connectivity index (χ1) is 10.9. The number of rotatable bonds is 4. The Bertz CT molecular complexity index is 721. The summed E-state index contributed by atoms with van der Waals surface area (Å²) >= 11 is 17.1. The number of ether oxygens (including phenoxy) is 2. The SMILES string of the molecule is COC(=O)CN1C(=O)/C(=C/c2cc(Cl)cc(Cl)c2OC)NC1=S. The van der Waals surface area contributed by atoms with E-state index in [1.807, 2.05) is 0 Å². The van der Waals surface area contributed by atoms with E-state index in [-0.39, 0.29) is 17.4 Å². The molecule has 6 nitrogen and oxygen atoms in total. The van der Waals surface area contributed by atoms with E-state index in [4.69, 9.17) is 40.2 Å². The quantitative estimate of drug-likeness (QED) is 0.495. The van der Waals surface area contributed by atoms with Gasteiger partial charge in [0.1, 0.15) is 18.0 Å². The van der Waals surface area contributed by atoms with Crippen molar-refractivity contribution >= 4 is 58.5 Å². The predicted octanol–water partition coefficient (Wildman–Crippen LogP) is 2.23. The number of methoxy groups -OCH3 is 2. The summed E-state index contributed by atoms with van der Waals surface area (Å²) in [7, 11) is 2.68. The van der Waals surface area contributed by atoms with Crippen LogP contribution in [0.4, 0.5) is 0 Å². The highest BCUT2D eigenvalue weighted by Gasteiger charge is 2.32. The molecule has 23 heavy (non-hydrogen) atoms. The van der Waals surface area contributed by atoms with Crippen LogP contribution in [0.3, 0.4) is 0 Å². The van der Waals surface area contributed by atoms with Gasteiger partial charge in [-0.3, -0.25) is 14.5 Å². The minimum Gasteiger partial charge on any atom is -0.495 e. The molecule has 1 amide bonds. The van der Waals surface area contributed by atoms with Gasteiger partial charge in [0.2, 0.25) is 0 Å². The number of esters is 1. The zero-order valence-corrected chi connectivity index (χ0v) is 14.5. The van der Waals surface area contributed by atoms with Crippen LogP contribution in [0.25, 0.3) is 6.08 Å². The third-order valence-corrected chi connectivity index (χ3v) is 3.84. The van der Waals surface area contributed by atoms with Gasteiger partial charge >= 0.3 is 5.97 Å². The van der Waals surface area contributed by atoms with Gasteiger partial charge in [0, 0.05) is 10.6 Å². The summed E-state index contributed by atoms with van der Waals surface area (Å²) in [5.41, 5.74) is 0.680. The molecule has 1 fully saturated rings. The van der Waals surface area contributed by atoms with Crippen molar-refractivity contribution in [3.63, 3.8) is 0 Å². The van der Waals surface area contributed by atoms with Crippen LogP contribution >= 0.6 is 35.4 Å². The van der Waals surface area contributed by atoms with Gasteiger partial charge in [0.05, 0.1) is 19.2 Å². The number of hydrogen-bond acceptors (Lipinski definition) is 5. The Kier molecular flexibility index (Phi) is 5.46. The van der Waals surface area contributed by atoms with Crippen molar-refractivity contribution < 1.29 is 19.1 Å². The molecule has 2 rings (SSSR count). The number of nitrogens with one attached hydrogen (secondary N) is 1. The van der Waals surface area contributed by atoms with Crippen LogP contribution in [0.5, 0.6) is 5.75 Å². The maximum Gasteiger partial charge on any atom is 0.325 e. The second-order valence-electron chi connectivity index (χ2n) is 4.47. The molecule has 0 atom stereocenters. The van der Waals surface area contributed by atoms with Gasteiger partial charge in [0.25, 0.3) is 5.91 Å². The van der Waals surface area contributed by atoms with E-state index in [9.17, 15) is 9.59 Å². The zero-order valence-electron chi connectivity index (χ0n) is 12.2. The van der Waals surface area contributed by atoms with Crippen LogP contribution < -0.4 is 10.1 Å². The summed E-state index contributed by atoms with van der Waals surface area (Å²) in [5, 5.41) is 3.55. The average Bonchev–Trinajstić information content (AvgIpc) is 2.74. The average molecular weight is 375 g/mol. The Labute approximate surface area is 147 Å². The fraction of sp³-hybridized carbons (Fsp3) is 0.214. The van der Waals surface area contributed by atoms with Gasteiger partial charge in [0.15, 0.2) is 5.11 Å². The van der Waals surface area contributed by atoms with Crippen molar-refractivity contribution in [2.45, 2.75) is 0 Å². The molecule has 1 aliphatic heterocycles. The number of carbonyl (C=O) groups excluding carboxylic acids is 2. The first-order valence-corrected chi connectivity index (χ1v) is 7.48. The highest BCUT2D eigenvalue weighted by Crippen LogP contribution is 2.33. The molecule has 0 aromatic heterocycles. The second-order valence-corrected chi connectivity index (χ2v) is 5.70. The lowest BCUT2D eigenvalue weighted by Gasteiger charge is -2.11. The molecular formula is C14H12Cl2N2O4S. The van der Waals surface area contributed by atoms with Crippen LogP contribution in [0, 0.1) is 0 Å². The third-order valence-electron chi connectivity index (χ3n) is 3.02. The Morgan fingerprint density at radius 1 is 1.39 bits per heavy atom. The van der Waals surface area contributed by atoms with Crippen LogP contribution in [0.1, 0.15) is 5.56 Å². The number of benzene rings is 1. The van der Waals surface area contributed by atoms with Crippen LogP contribution in [0.15, 0.2) is 17.8 Å². The second kappa shape index (κ2) is 7.16. The summed E-state index contributed by atoms with van der Waals surface area (Å²) in [6, 6.07) is 3.13. The Morgan fingerprint density at radius 3 is 2.70 bits per heavy atom. The number of nitrogens with zero attached hydrogens (tertiary/aromatic N) is 1. The van der Waals surface area contributed by atoms with Crippen LogP contribution in [-0.2, 0) is 14.3 Å². The van der Waals surface area contributed by atoms with E-state index < -0.39 is 11.9 Å². The smallest absolute Gasteiger partial charge is 0.325 e. The molecule has 0 radical (unpaired) electrons. The number of hydrogen-bond donors (Lipinski definition) is 1. The molecule has 0 bridgehead atoms. The molecule has 0 aliphatic carbocycles. The normalized spacial score (nSPS) is 15.8. The lowest BCUT2D eigenvalue weighted by molar-refractivity contribution is -0.143. The highest BCUT2D eigenvalue weighted by molar-refractivity contribution is 7.80. The Balaban J connectivity index is 2.36. The molecule has 1 N–H and O–H groups in total. The molecule has 1 aromatic carbocycles. The van der Waals surface area contributed by atoms with Crippen LogP contribution in [-0.4, -0.2) is 42.7 Å². The Hall–Kier alpha value is -1.83. The topological polar surface area (TPSA) is 67.9 Å². The van der Waals surface area contributed by atoms with Gasteiger partial charge in [-0.25, -0.2) is 0 Å². The van der Waals surface area contributed by atoms with Crippen molar-refractivity contribution in [1.82, 2.24) is 10.2 Å². The summed E-state index contributed by atoms with van der Waals surface area (Å²) in [4.78, 5) is 24.8. The molecule has 1 aromatic rings. The van der Waals surface area contributed by atoms with E-state index in [1.54, 1.807) is 6.07 Å². The van der Waals surface area contributed by atoms with Gasteiger partial charge in [-0.2, -0.15) is 0 Å². The molecule has 0 saturated carbocycles. The van der Waals surface area contributed by atoms with E-state index in [0.717, 1.165) is 4.90 Å². The van der Waals surface area contributed by atoms with Gasteiger partial charge < -0.3 is 14.8 Å². The molecule has 1 heterocycles. The molecular weight excluding hydrogens is 363 g/mol. The van der Waals surface area contributed by atoms with Crippen molar-refractivity contribution in [3.05, 3.63) is 33.4 Å². The van der Waals surface area contributed by atoms with Crippen molar-refractivity contribution in [2.24, 2.45) is 0 Å². The molecule has 122 valence electrons. The molecule has 0 unspecified atom stereocenters. The standard InChI is InChI=1S/C14H12Cl2N2O4S/c1-21-11(19)6-18-13(20)10(17-14(18)23)4-7-3-8(15)5-9(16)12(7)22-2/h3-5H,6H2,1-2H3,(H,17,23)/b10-4-. The monoisotopic (exact) mass is 374 g/mol. The number of amides is 1.